The number of pyridine rings is 1. The molecule has 2 aromatic carbocycles. The quantitative estimate of drug-likeness (QED) is 0.485. The Morgan fingerprint density at radius 2 is 1.89 bits per heavy atom. The van der Waals surface area contributed by atoms with Gasteiger partial charge in [0, 0.05) is 22.5 Å². The lowest BCUT2D eigenvalue weighted by Crippen LogP contribution is -2.00. The first-order chi connectivity index (χ1) is 13.5. The molecule has 0 amide bonds. The Labute approximate surface area is 167 Å². The number of aromatic nitrogens is 3. The number of hydrogen-bond donors (Lipinski definition) is 1. The normalized spacial score (nSPS) is 11.1. The minimum Gasteiger partial charge on any atom is -0.478 e. The van der Waals surface area contributed by atoms with Crippen LogP contribution in [0.2, 0.25) is 0 Å². The fourth-order valence-electron chi connectivity index (χ4n) is 3.29. The minimum absolute atomic E-state index is 0.357. The topological polar surface area (TPSA) is 68.0 Å². The Morgan fingerprint density at radius 1 is 1.11 bits per heavy atom. The van der Waals surface area contributed by atoms with Gasteiger partial charge in [-0.1, -0.05) is 24.3 Å². The van der Waals surface area contributed by atoms with Crippen molar-refractivity contribution >= 4 is 28.8 Å². The molecule has 0 atom stereocenters. The largest absolute Gasteiger partial charge is 0.478 e. The Bertz CT molecular complexity index is 1170. The molecule has 0 saturated heterocycles. The average Bonchev–Trinajstić information content (AvgIpc) is 3.03. The van der Waals surface area contributed by atoms with E-state index >= 15 is 0 Å². The highest BCUT2D eigenvalue weighted by molar-refractivity contribution is 7.98. The van der Waals surface area contributed by atoms with Gasteiger partial charge in [-0.2, -0.15) is 0 Å². The molecule has 4 aromatic rings. The molecule has 0 aliphatic heterocycles. The molecule has 2 aromatic heterocycles. The highest BCUT2D eigenvalue weighted by Crippen LogP contribution is 2.30. The fraction of sp³-hybridized carbons (Fsp3) is 0.136. The molecule has 1 N–H and O–H groups in total. The van der Waals surface area contributed by atoms with Crippen LogP contribution in [0, 0.1) is 13.8 Å². The Morgan fingerprint density at radius 3 is 2.64 bits per heavy atom. The zero-order valence-corrected chi connectivity index (χ0v) is 16.4. The lowest BCUT2D eigenvalue weighted by Gasteiger charge is -2.11. The van der Waals surface area contributed by atoms with E-state index in [9.17, 15) is 9.90 Å². The first-order valence-corrected chi connectivity index (χ1v) is 9.87. The smallest absolute Gasteiger partial charge is 0.336 e. The van der Waals surface area contributed by atoms with E-state index in [0.29, 0.717) is 11.3 Å². The van der Waals surface area contributed by atoms with E-state index in [-0.39, 0.29) is 0 Å². The van der Waals surface area contributed by atoms with E-state index < -0.39 is 5.97 Å². The number of carboxylic acids is 1. The van der Waals surface area contributed by atoms with Crippen LogP contribution in [-0.2, 0) is 5.75 Å². The summed E-state index contributed by atoms with van der Waals surface area (Å²) in [5, 5.41) is 9.42. The van der Waals surface area contributed by atoms with Gasteiger partial charge in [-0.05, 0) is 49.2 Å². The first-order valence-electron chi connectivity index (χ1n) is 8.88. The number of benzene rings is 2. The van der Waals surface area contributed by atoms with Crippen LogP contribution in [0.1, 0.15) is 27.3 Å². The van der Waals surface area contributed by atoms with Crippen LogP contribution in [0.3, 0.4) is 0 Å². The molecule has 4 rings (SSSR count). The second kappa shape index (κ2) is 7.48. The molecule has 0 bridgehead atoms. The van der Waals surface area contributed by atoms with Gasteiger partial charge in [0.25, 0.3) is 0 Å². The van der Waals surface area contributed by atoms with Crippen molar-refractivity contribution in [2.75, 3.05) is 0 Å². The molecule has 0 saturated carbocycles. The van der Waals surface area contributed by atoms with Gasteiger partial charge in [-0.15, -0.1) is 11.8 Å². The van der Waals surface area contributed by atoms with E-state index in [1.54, 1.807) is 36.3 Å². The molecular weight excluding hydrogens is 370 g/mol. The second-order valence-electron chi connectivity index (χ2n) is 6.57. The van der Waals surface area contributed by atoms with Gasteiger partial charge >= 0.3 is 5.97 Å². The van der Waals surface area contributed by atoms with Crippen LogP contribution in [0.25, 0.3) is 16.7 Å². The van der Waals surface area contributed by atoms with Crippen molar-refractivity contribution in [3.05, 3.63) is 83.4 Å². The summed E-state index contributed by atoms with van der Waals surface area (Å²) in [4.78, 5) is 21.0. The molecule has 0 unspecified atom stereocenters. The van der Waals surface area contributed by atoms with Gasteiger partial charge in [0.05, 0.1) is 17.3 Å². The number of aryl methyl sites for hydroxylation is 2. The number of carboxylic acid groups (broad SMARTS) is 1. The highest BCUT2D eigenvalue weighted by Gasteiger charge is 2.13. The summed E-state index contributed by atoms with van der Waals surface area (Å²) in [7, 11) is 0. The number of fused-ring (bicyclic) bond motifs is 1. The molecule has 28 heavy (non-hydrogen) atoms. The Hall–Kier alpha value is -3.12. The Kier molecular flexibility index (Phi) is 4.88. The predicted molar refractivity (Wildman–Crippen MR) is 111 cm³/mol. The van der Waals surface area contributed by atoms with Crippen LogP contribution in [0.5, 0.6) is 0 Å². The molecule has 0 fully saturated rings. The number of thioether (sulfide) groups is 1. The molecule has 6 heteroatoms. The zero-order chi connectivity index (χ0) is 19.7. The molecule has 5 nitrogen and oxygen atoms in total. The van der Waals surface area contributed by atoms with Crippen LogP contribution in [0.15, 0.2) is 65.8 Å². The van der Waals surface area contributed by atoms with Crippen LogP contribution >= 0.6 is 11.8 Å². The van der Waals surface area contributed by atoms with Gasteiger partial charge in [-0.25, -0.2) is 9.78 Å². The number of carbonyl (C=O) groups is 1. The minimum atomic E-state index is -0.890. The maximum atomic E-state index is 11.5. The number of nitrogens with zero attached hydrogens (tertiary/aromatic N) is 3. The second-order valence-corrected chi connectivity index (χ2v) is 7.56. The van der Waals surface area contributed by atoms with E-state index in [4.69, 9.17) is 0 Å². The zero-order valence-electron chi connectivity index (χ0n) is 15.6. The van der Waals surface area contributed by atoms with E-state index in [1.807, 2.05) is 26.0 Å². The van der Waals surface area contributed by atoms with Gasteiger partial charge in [-0.3, -0.25) is 9.55 Å². The number of hydrogen-bond acceptors (Lipinski definition) is 4. The highest BCUT2D eigenvalue weighted by atomic mass is 32.2. The Balaban J connectivity index is 1.58. The molecule has 140 valence electrons. The summed E-state index contributed by atoms with van der Waals surface area (Å²) in [6.45, 7) is 3.93. The summed E-state index contributed by atoms with van der Waals surface area (Å²) >= 11 is 1.56. The first kappa shape index (κ1) is 18.3. The standard InChI is InChI=1S/C22H19N3O2S/c1-14-4-3-5-18(22(26)27)21(14)28-13-16-6-8-17(9-7-16)25-15(2)24-19-12-23-11-10-20(19)25/h3-12H,13H2,1-2H3,(H,26,27). The van der Waals surface area contributed by atoms with E-state index in [1.165, 1.54) is 0 Å². The maximum Gasteiger partial charge on any atom is 0.336 e. The van der Waals surface area contributed by atoms with E-state index in [0.717, 1.165) is 38.6 Å². The predicted octanol–water partition coefficient (Wildman–Crippen LogP) is 5.03. The van der Waals surface area contributed by atoms with E-state index in [2.05, 4.69) is 38.8 Å². The van der Waals surface area contributed by atoms with Crippen molar-refractivity contribution in [1.82, 2.24) is 14.5 Å². The number of imidazole rings is 1. The van der Waals surface area contributed by atoms with Crippen molar-refractivity contribution in [2.45, 2.75) is 24.5 Å². The van der Waals surface area contributed by atoms with Gasteiger partial charge in [0.2, 0.25) is 0 Å². The molecule has 0 spiro atoms. The van der Waals surface area contributed by atoms with Crippen LogP contribution in [-0.4, -0.2) is 25.6 Å². The molecule has 0 aliphatic carbocycles. The van der Waals surface area contributed by atoms with Crippen molar-refractivity contribution in [2.24, 2.45) is 0 Å². The molecule has 0 radical (unpaired) electrons. The van der Waals surface area contributed by atoms with Crippen molar-refractivity contribution in [3.8, 4) is 5.69 Å². The lowest BCUT2D eigenvalue weighted by molar-refractivity contribution is 0.0693. The van der Waals surface area contributed by atoms with Gasteiger partial charge in [0.15, 0.2) is 0 Å². The lowest BCUT2D eigenvalue weighted by atomic mass is 10.1. The van der Waals surface area contributed by atoms with Crippen molar-refractivity contribution < 1.29 is 9.90 Å². The monoisotopic (exact) mass is 389 g/mol. The van der Waals surface area contributed by atoms with Crippen LogP contribution in [0.4, 0.5) is 0 Å². The molecule has 0 aliphatic rings. The molecule has 2 heterocycles. The third-order valence-electron chi connectivity index (χ3n) is 4.64. The summed E-state index contributed by atoms with van der Waals surface area (Å²) in [5.41, 5.74) is 5.42. The van der Waals surface area contributed by atoms with Crippen molar-refractivity contribution in [3.63, 3.8) is 0 Å². The third-order valence-corrected chi connectivity index (χ3v) is 5.95. The third kappa shape index (κ3) is 3.39. The summed E-state index contributed by atoms with van der Waals surface area (Å²) in [5.74, 6) is 0.730. The average molecular weight is 389 g/mol. The maximum absolute atomic E-state index is 11.5. The SMILES string of the molecule is Cc1cccc(C(=O)O)c1SCc1ccc(-n2c(C)nc3cnccc32)cc1. The summed E-state index contributed by atoms with van der Waals surface area (Å²) < 4.78 is 2.11. The van der Waals surface area contributed by atoms with Gasteiger partial charge in [0.1, 0.15) is 11.3 Å². The van der Waals surface area contributed by atoms with Gasteiger partial charge < -0.3 is 5.11 Å². The van der Waals surface area contributed by atoms with Crippen molar-refractivity contribution in [1.29, 1.82) is 0 Å². The fourth-order valence-corrected chi connectivity index (χ4v) is 4.40. The summed E-state index contributed by atoms with van der Waals surface area (Å²) in [6.07, 6.45) is 3.54. The molecular formula is C22H19N3O2S. The summed E-state index contributed by atoms with van der Waals surface area (Å²) in [6, 6.07) is 15.6. The number of rotatable bonds is 5. The van der Waals surface area contributed by atoms with Crippen LogP contribution < -0.4 is 0 Å². The number of aromatic carboxylic acids is 1.